The van der Waals surface area contributed by atoms with Gasteiger partial charge in [-0.05, 0) is 41.5 Å². The third kappa shape index (κ3) is 3.14. The molecule has 0 aromatic carbocycles. The summed E-state index contributed by atoms with van der Waals surface area (Å²) < 4.78 is 0. The molecule has 1 saturated heterocycles. The number of hydrogen-bond donors (Lipinski definition) is 0. The highest BCUT2D eigenvalue weighted by Crippen LogP contribution is 2.27. The summed E-state index contributed by atoms with van der Waals surface area (Å²) in [6.07, 6.45) is 0. The van der Waals surface area contributed by atoms with Gasteiger partial charge in [-0.1, -0.05) is 0 Å². The van der Waals surface area contributed by atoms with Crippen LogP contribution in [0.2, 0.25) is 0 Å². The Kier molecular flexibility index (Phi) is 3.55. The van der Waals surface area contributed by atoms with Gasteiger partial charge in [0.25, 0.3) is 0 Å². The maximum atomic E-state index is 2.53. The minimum atomic E-state index is 0.289. The molecule has 0 aliphatic carbocycles. The van der Waals surface area contributed by atoms with Crippen molar-refractivity contribution in [2.45, 2.75) is 52.6 Å². The molecule has 0 aromatic rings. The molecule has 0 bridgehead atoms. The Hall–Kier alpha value is 0.270. The molecular formula is C11H24N2S. The van der Waals surface area contributed by atoms with E-state index < -0.39 is 0 Å². The van der Waals surface area contributed by atoms with E-state index in [9.17, 15) is 0 Å². The van der Waals surface area contributed by atoms with Gasteiger partial charge < -0.3 is 0 Å². The fourth-order valence-corrected chi connectivity index (χ4v) is 2.82. The minimum absolute atomic E-state index is 0.289. The van der Waals surface area contributed by atoms with E-state index in [0.717, 1.165) is 18.4 Å². The third-order valence-electron chi connectivity index (χ3n) is 2.73. The summed E-state index contributed by atoms with van der Waals surface area (Å²) in [5.74, 6) is 2.33. The molecule has 2 nitrogen and oxygen atoms in total. The van der Waals surface area contributed by atoms with E-state index in [1.165, 1.54) is 0 Å². The van der Waals surface area contributed by atoms with Crippen molar-refractivity contribution < 1.29 is 0 Å². The van der Waals surface area contributed by atoms with Gasteiger partial charge in [0, 0.05) is 22.8 Å². The summed E-state index contributed by atoms with van der Waals surface area (Å²) in [7, 11) is 0. The molecule has 0 unspecified atom stereocenters. The molecule has 0 aromatic heterocycles. The summed E-state index contributed by atoms with van der Waals surface area (Å²) in [6.45, 7) is 14.8. The second-order valence-electron chi connectivity index (χ2n) is 6.03. The van der Waals surface area contributed by atoms with Crippen molar-refractivity contribution >= 4 is 11.8 Å². The van der Waals surface area contributed by atoms with Crippen molar-refractivity contribution in [3.8, 4) is 0 Å². The van der Waals surface area contributed by atoms with Crippen LogP contribution in [0.15, 0.2) is 0 Å². The zero-order valence-corrected chi connectivity index (χ0v) is 11.2. The summed E-state index contributed by atoms with van der Waals surface area (Å²) in [5.41, 5.74) is 0.577. The molecule has 0 radical (unpaired) electrons. The van der Waals surface area contributed by atoms with Gasteiger partial charge in [-0.15, -0.1) is 11.8 Å². The molecule has 84 valence electrons. The van der Waals surface area contributed by atoms with E-state index in [2.05, 4.69) is 51.3 Å². The zero-order chi connectivity index (χ0) is 11.0. The second kappa shape index (κ2) is 4.03. The molecule has 0 spiro atoms. The molecule has 1 aliphatic rings. The van der Waals surface area contributed by atoms with Crippen LogP contribution in [0, 0.1) is 0 Å². The normalized spacial score (nSPS) is 22.7. The number of nitrogens with zero attached hydrogens (tertiary/aromatic N) is 2. The maximum absolute atomic E-state index is 2.53. The van der Waals surface area contributed by atoms with Gasteiger partial charge in [-0.3, -0.25) is 9.80 Å². The first-order chi connectivity index (χ1) is 6.21. The number of thioether (sulfide) groups is 1. The molecule has 0 saturated carbocycles. The molecule has 1 heterocycles. The van der Waals surface area contributed by atoms with Gasteiger partial charge in [0.2, 0.25) is 0 Å². The average molecular weight is 216 g/mol. The fourth-order valence-electron chi connectivity index (χ4n) is 1.36. The summed E-state index contributed by atoms with van der Waals surface area (Å²) in [4.78, 5) is 5.07. The van der Waals surface area contributed by atoms with Crippen LogP contribution in [0.4, 0.5) is 0 Å². The molecule has 0 N–H and O–H groups in total. The molecule has 14 heavy (non-hydrogen) atoms. The zero-order valence-electron chi connectivity index (χ0n) is 10.4. The fraction of sp³-hybridized carbons (Fsp3) is 1.00. The Morgan fingerprint density at radius 1 is 0.786 bits per heavy atom. The van der Waals surface area contributed by atoms with Crippen LogP contribution in [0.5, 0.6) is 0 Å². The van der Waals surface area contributed by atoms with Crippen molar-refractivity contribution in [3.63, 3.8) is 0 Å². The van der Waals surface area contributed by atoms with Gasteiger partial charge >= 0.3 is 0 Å². The van der Waals surface area contributed by atoms with Crippen molar-refractivity contribution in [2.24, 2.45) is 0 Å². The standard InChI is InChI=1S/C11H24N2S/c1-10(2,3)12-7-13(9-14-8-12)11(4,5)6/h7-9H2,1-6H3. The smallest absolute Gasteiger partial charge is 0.0531 e. The Bertz CT molecular complexity index is 170. The first-order valence-corrected chi connectivity index (χ1v) is 6.44. The topological polar surface area (TPSA) is 6.48 Å². The average Bonchev–Trinajstić information content (AvgIpc) is 2.01. The lowest BCUT2D eigenvalue weighted by Crippen LogP contribution is -2.55. The first kappa shape index (κ1) is 12.3. The summed E-state index contributed by atoms with van der Waals surface area (Å²) in [5, 5.41) is 0. The summed E-state index contributed by atoms with van der Waals surface area (Å²) in [6, 6.07) is 0. The Balaban J connectivity index is 2.61. The number of hydrogen-bond acceptors (Lipinski definition) is 3. The van der Waals surface area contributed by atoms with E-state index in [4.69, 9.17) is 0 Å². The van der Waals surface area contributed by atoms with E-state index in [0.29, 0.717) is 0 Å². The van der Waals surface area contributed by atoms with Crippen molar-refractivity contribution in [1.29, 1.82) is 0 Å². The Morgan fingerprint density at radius 2 is 1.14 bits per heavy atom. The molecule has 1 aliphatic heterocycles. The van der Waals surface area contributed by atoms with Crippen LogP contribution in [0.25, 0.3) is 0 Å². The van der Waals surface area contributed by atoms with E-state index >= 15 is 0 Å². The van der Waals surface area contributed by atoms with Gasteiger partial charge in [0.1, 0.15) is 0 Å². The second-order valence-corrected chi connectivity index (χ2v) is 6.95. The molecular weight excluding hydrogens is 192 g/mol. The minimum Gasteiger partial charge on any atom is -0.276 e. The maximum Gasteiger partial charge on any atom is 0.0531 e. The Morgan fingerprint density at radius 3 is 1.43 bits per heavy atom. The van der Waals surface area contributed by atoms with Gasteiger partial charge in [-0.2, -0.15) is 0 Å². The van der Waals surface area contributed by atoms with Crippen LogP contribution in [0.1, 0.15) is 41.5 Å². The summed E-state index contributed by atoms with van der Waals surface area (Å²) >= 11 is 2.02. The third-order valence-corrected chi connectivity index (χ3v) is 3.72. The van der Waals surface area contributed by atoms with Crippen LogP contribution < -0.4 is 0 Å². The largest absolute Gasteiger partial charge is 0.276 e. The molecule has 0 amide bonds. The van der Waals surface area contributed by atoms with Crippen molar-refractivity contribution in [1.82, 2.24) is 9.80 Å². The van der Waals surface area contributed by atoms with E-state index in [1.54, 1.807) is 0 Å². The molecule has 1 rings (SSSR count). The monoisotopic (exact) mass is 216 g/mol. The van der Waals surface area contributed by atoms with Crippen LogP contribution >= 0.6 is 11.8 Å². The predicted molar refractivity (Wildman–Crippen MR) is 65.4 cm³/mol. The highest BCUT2D eigenvalue weighted by atomic mass is 32.2. The lowest BCUT2D eigenvalue weighted by molar-refractivity contribution is 0.0294. The van der Waals surface area contributed by atoms with Crippen molar-refractivity contribution in [2.75, 3.05) is 18.4 Å². The highest BCUT2D eigenvalue weighted by molar-refractivity contribution is 7.99. The van der Waals surface area contributed by atoms with Crippen molar-refractivity contribution in [3.05, 3.63) is 0 Å². The molecule has 1 fully saturated rings. The SMILES string of the molecule is CC(C)(C)N1CSCN(C(C)(C)C)C1. The lowest BCUT2D eigenvalue weighted by Gasteiger charge is -2.47. The van der Waals surface area contributed by atoms with Gasteiger partial charge in [0.05, 0.1) is 6.67 Å². The van der Waals surface area contributed by atoms with Gasteiger partial charge in [-0.25, -0.2) is 0 Å². The lowest BCUT2D eigenvalue weighted by atomic mass is 10.1. The Labute approximate surface area is 93.0 Å². The van der Waals surface area contributed by atoms with Crippen LogP contribution in [0.3, 0.4) is 0 Å². The van der Waals surface area contributed by atoms with E-state index in [-0.39, 0.29) is 11.1 Å². The molecule has 3 heteroatoms. The highest BCUT2D eigenvalue weighted by Gasteiger charge is 2.31. The quantitative estimate of drug-likeness (QED) is 0.615. The predicted octanol–water partition coefficient (Wildman–Crippen LogP) is 2.81. The number of rotatable bonds is 0. The van der Waals surface area contributed by atoms with E-state index in [1.807, 2.05) is 11.8 Å². The van der Waals surface area contributed by atoms with Crippen LogP contribution in [-0.4, -0.2) is 39.3 Å². The van der Waals surface area contributed by atoms with Gasteiger partial charge in [0.15, 0.2) is 0 Å². The molecule has 0 atom stereocenters. The van der Waals surface area contributed by atoms with Crippen LogP contribution in [-0.2, 0) is 0 Å². The first-order valence-electron chi connectivity index (χ1n) is 5.29.